The minimum Gasteiger partial charge on any atom is -0.350 e. The predicted molar refractivity (Wildman–Crippen MR) is 188 cm³/mol. The molecule has 0 spiro atoms. The summed E-state index contributed by atoms with van der Waals surface area (Å²) in [5.74, 6) is -0.153. The molecule has 0 unspecified atom stereocenters. The lowest BCUT2D eigenvalue weighted by molar-refractivity contribution is -0.132. The summed E-state index contributed by atoms with van der Waals surface area (Å²) in [6, 6.07) is 20.6. The van der Waals surface area contributed by atoms with Gasteiger partial charge in [0.1, 0.15) is 0 Å². The number of rotatable bonds is 13. The van der Waals surface area contributed by atoms with E-state index in [0.717, 1.165) is 18.0 Å². The first-order valence-electron chi connectivity index (χ1n) is 16.8. The van der Waals surface area contributed by atoms with E-state index in [2.05, 4.69) is 50.0 Å². The number of amides is 3. The number of carbonyl (C=O) groups excluding carboxylic acids is 3. The van der Waals surface area contributed by atoms with E-state index >= 15 is 0 Å². The molecule has 3 rings (SSSR count). The fourth-order valence-electron chi connectivity index (χ4n) is 5.15. The molecule has 0 radical (unpaired) electrons. The fourth-order valence-corrected chi connectivity index (χ4v) is 5.15. The first-order valence-corrected chi connectivity index (χ1v) is 16.8. The molecule has 1 heterocycles. The van der Waals surface area contributed by atoms with Crippen molar-refractivity contribution in [3.8, 4) is 0 Å². The Morgan fingerprint density at radius 1 is 0.889 bits per heavy atom. The molecule has 2 aromatic carbocycles. The van der Waals surface area contributed by atoms with Gasteiger partial charge in [0.25, 0.3) is 0 Å². The van der Waals surface area contributed by atoms with Crippen LogP contribution < -0.4 is 5.32 Å². The number of nitrogens with zero attached hydrogens (tertiary/aromatic N) is 3. The van der Waals surface area contributed by atoms with Crippen molar-refractivity contribution in [2.75, 3.05) is 33.2 Å². The van der Waals surface area contributed by atoms with Gasteiger partial charge in [0.15, 0.2) is 0 Å². The van der Waals surface area contributed by atoms with Crippen molar-refractivity contribution in [3.63, 3.8) is 0 Å². The Morgan fingerprint density at radius 3 is 1.89 bits per heavy atom. The number of likely N-dealkylation sites (N-methyl/N-ethyl adjacent to an activating group) is 1. The van der Waals surface area contributed by atoms with Gasteiger partial charge in [-0.1, -0.05) is 107 Å². The first-order chi connectivity index (χ1) is 21.5. The van der Waals surface area contributed by atoms with Gasteiger partial charge in [0, 0.05) is 31.8 Å². The van der Waals surface area contributed by atoms with Crippen LogP contribution >= 0.6 is 0 Å². The lowest BCUT2D eigenvalue weighted by Gasteiger charge is -2.30. The SMILES string of the molecule is C/C(=C\[C@H](C(C)C)N(C)C(=O)CNC=O)C(=O)N(CCc1ccccc1)Cc1ccccc1.CC(C)N1CCCCC1.CCC. The Hall–Kier alpha value is -3.45. The third-order valence-electron chi connectivity index (χ3n) is 7.76. The third kappa shape index (κ3) is 15.9. The molecule has 0 bridgehead atoms. The average molecular weight is 621 g/mol. The van der Waals surface area contributed by atoms with E-state index in [-0.39, 0.29) is 30.3 Å². The summed E-state index contributed by atoms with van der Waals surface area (Å²) in [5.41, 5.74) is 2.85. The molecule has 1 atom stereocenters. The molecule has 1 aliphatic rings. The van der Waals surface area contributed by atoms with Crippen LogP contribution in [0.25, 0.3) is 0 Å². The van der Waals surface area contributed by atoms with Crippen LogP contribution in [0.4, 0.5) is 0 Å². The Kier molecular flexibility index (Phi) is 20.2. The summed E-state index contributed by atoms with van der Waals surface area (Å²) in [6.07, 6.45) is 8.66. The minimum atomic E-state index is -0.261. The molecule has 250 valence electrons. The summed E-state index contributed by atoms with van der Waals surface area (Å²) in [7, 11) is 1.70. The smallest absolute Gasteiger partial charge is 0.249 e. The van der Waals surface area contributed by atoms with E-state index in [0.29, 0.717) is 25.1 Å². The van der Waals surface area contributed by atoms with Crippen molar-refractivity contribution in [2.45, 2.75) is 99.2 Å². The van der Waals surface area contributed by atoms with Gasteiger partial charge in [0.2, 0.25) is 18.2 Å². The second-order valence-corrected chi connectivity index (χ2v) is 12.4. The van der Waals surface area contributed by atoms with Crippen LogP contribution in [0.2, 0.25) is 0 Å². The number of nitrogens with one attached hydrogen (secondary N) is 1. The average Bonchev–Trinajstić information content (AvgIpc) is 3.05. The van der Waals surface area contributed by atoms with Crippen molar-refractivity contribution >= 4 is 18.2 Å². The Morgan fingerprint density at radius 2 is 1.42 bits per heavy atom. The van der Waals surface area contributed by atoms with Crippen LogP contribution in [0.3, 0.4) is 0 Å². The van der Waals surface area contributed by atoms with E-state index in [4.69, 9.17) is 0 Å². The highest BCUT2D eigenvalue weighted by Crippen LogP contribution is 2.17. The van der Waals surface area contributed by atoms with Crippen LogP contribution in [0.15, 0.2) is 72.3 Å². The second-order valence-electron chi connectivity index (χ2n) is 12.4. The van der Waals surface area contributed by atoms with Gasteiger partial charge in [-0.25, -0.2) is 0 Å². The van der Waals surface area contributed by atoms with Gasteiger partial charge >= 0.3 is 0 Å². The van der Waals surface area contributed by atoms with Gasteiger partial charge in [-0.15, -0.1) is 0 Å². The number of benzene rings is 2. The Bertz CT molecular complexity index is 1110. The molecule has 1 saturated heterocycles. The van der Waals surface area contributed by atoms with Crippen LogP contribution in [0.5, 0.6) is 0 Å². The summed E-state index contributed by atoms with van der Waals surface area (Å²) in [5, 5.41) is 2.41. The largest absolute Gasteiger partial charge is 0.350 e. The van der Waals surface area contributed by atoms with E-state index < -0.39 is 0 Å². The Labute approximate surface area is 274 Å². The lowest BCUT2D eigenvalue weighted by atomic mass is 9.99. The fraction of sp³-hybridized carbons (Fsp3) is 0.553. The molecule has 3 amide bonds. The number of hydrogen-bond acceptors (Lipinski definition) is 4. The molecule has 1 aliphatic heterocycles. The summed E-state index contributed by atoms with van der Waals surface area (Å²) in [6.45, 7) is 18.3. The zero-order chi connectivity index (χ0) is 33.6. The zero-order valence-corrected chi connectivity index (χ0v) is 29.3. The molecule has 0 aliphatic carbocycles. The van der Waals surface area contributed by atoms with E-state index in [9.17, 15) is 14.4 Å². The van der Waals surface area contributed by atoms with Gasteiger partial charge < -0.3 is 20.0 Å². The topological polar surface area (TPSA) is 73.0 Å². The molecular weight excluding hydrogens is 560 g/mol. The van der Waals surface area contributed by atoms with E-state index in [1.807, 2.05) is 73.4 Å². The van der Waals surface area contributed by atoms with Crippen LogP contribution in [0, 0.1) is 5.92 Å². The number of likely N-dealkylation sites (tertiary alicyclic amines) is 1. The van der Waals surface area contributed by atoms with Gasteiger partial charge in [-0.05, 0) is 70.2 Å². The zero-order valence-electron chi connectivity index (χ0n) is 29.3. The molecule has 0 saturated carbocycles. The minimum absolute atomic E-state index is 0.0488. The number of carbonyl (C=O) groups is 3. The molecule has 2 aromatic rings. The maximum Gasteiger partial charge on any atom is 0.249 e. The summed E-state index contributed by atoms with van der Waals surface area (Å²) in [4.78, 5) is 42.5. The van der Waals surface area contributed by atoms with Crippen molar-refractivity contribution in [1.82, 2.24) is 20.0 Å². The quantitative estimate of drug-likeness (QED) is 0.199. The molecule has 1 fully saturated rings. The van der Waals surface area contributed by atoms with Gasteiger partial charge in [-0.3, -0.25) is 14.4 Å². The monoisotopic (exact) mass is 620 g/mol. The van der Waals surface area contributed by atoms with Crippen molar-refractivity contribution in [1.29, 1.82) is 0 Å². The molecule has 0 aromatic heterocycles. The third-order valence-corrected chi connectivity index (χ3v) is 7.76. The Balaban J connectivity index is 0.000000704. The highest BCUT2D eigenvalue weighted by atomic mass is 16.2. The lowest BCUT2D eigenvalue weighted by Crippen LogP contribution is -2.44. The molecule has 7 heteroatoms. The van der Waals surface area contributed by atoms with Crippen LogP contribution in [-0.4, -0.2) is 78.2 Å². The standard InChI is InChI=1S/C27H35N3O3.C8H17N.C3H8/c1-21(2)25(29(4)26(32)18-28-20-31)17-22(3)27(33)30(19-24-13-9-6-10-14-24)16-15-23-11-7-5-8-12-23;1-8(2)9-6-4-3-5-7-9;1-3-2/h5-14,17,20-21,25H,15-16,18-19H2,1-4H3,(H,28,31);8H,3-7H2,1-2H3;3H2,1-2H3/b22-17+;;/t25-;;/m1../s1. The summed E-state index contributed by atoms with van der Waals surface area (Å²) >= 11 is 0. The first kappa shape index (κ1) is 39.6. The highest BCUT2D eigenvalue weighted by molar-refractivity contribution is 5.93. The predicted octanol–water partition coefficient (Wildman–Crippen LogP) is 6.73. The van der Waals surface area contributed by atoms with Gasteiger partial charge in [-0.2, -0.15) is 0 Å². The number of piperidine rings is 1. The van der Waals surface area contributed by atoms with E-state index in [1.54, 1.807) is 18.9 Å². The van der Waals surface area contributed by atoms with Crippen LogP contribution in [0.1, 0.15) is 85.3 Å². The number of hydrogen-bond donors (Lipinski definition) is 1. The second kappa shape index (κ2) is 23.0. The van der Waals surface area contributed by atoms with Crippen molar-refractivity contribution < 1.29 is 14.4 Å². The van der Waals surface area contributed by atoms with Gasteiger partial charge in [0.05, 0.1) is 12.6 Å². The maximum atomic E-state index is 13.5. The molecule has 1 N–H and O–H groups in total. The normalized spacial score (nSPS) is 14.0. The maximum absolute atomic E-state index is 13.5. The highest BCUT2D eigenvalue weighted by Gasteiger charge is 2.24. The van der Waals surface area contributed by atoms with Crippen molar-refractivity contribution in [2.24, 2.45) is 5.92 Å². The van der Waals surface area contributed by atoms with E-state index in [1.165, 1.54) is 44.3 Å². The van der Waals surface area contributed by atoms with Crippen LogP contribution in [-0.2, 0) is 27.3 Å². The molecule has 45 heavy (non-hydrogen) atoms. The summed E-state index contributed by atoms with van der Waals surface area (Å²) < 4.78 is 0. The molecular formula is C38H60N4O3. The van der Waals surface area contributed by atoms with Crippen molar-refractivity contribution in [3.05, 3.63) is 83.4 Å². The molecule has 7 nitrogen and oxygen atoms in total.